The molecule has 0 aliphatic carbocycles. The van der Waals surface area contributed by atoms with Crippen molar-refractivity contribution in [3.8, 4) is 0 Å². The average Bonchev–Trinajstić information content (AvgIpc) is 2.75. The molecule has 2 N–H and O–H groups in total. The summed E-state index contributed by atoms with van der Waals surface area (Å²) < 4.78 is 2.66. The minimum atomic E-state index is -0.560. The Morgan fingerprint density at radius 1 is 0.806 bits per heavy atom. The zero-order valence-corrected chi connectivity index (χ0v) is 17.3. The van der Waals surface area contributed by atoms with Crippen molar-refractivity contribution in [1.82, 2.24) is 24.0 Å². The number of amides is 1. The molecule has 1 amide bonds. The summed E-state index contributed by atoms with van der Waals surface area (Å²) in [4.78, 5) is 66.3. The van der Waals surface area contributed by atoms with Crippen LogP contribution in [0.4, 0.5) is 0 Å². The smallest absolute Gasteiger partial charge is 0.328 e. The monoisotopic (exact) mass is 425 g/mol. The van der Waals surface area contributed by atoms with Gasteiger partial charge in [-0.1, -0.05) is 18.2 Å². The Morgan fingerprint density at radius 3 is 1.71 bits per heavy atom. The lowest BCUT2D eigenvalue weighted by atomic mass is 10.2. The molecule has 2 heterocycles. The van der Waals surface area contributed by atoms with E-state index in [0.717, 1.165) is 0 Å². The lowest BCUT2D eigenvalue weighted by Gasteiger charge is -2.24. The molecule has 0 saturated heterocycles. The van der Waals surface area contributed by atoms with E-state index in [2.05, 4.69) is 9.97 Å². The zero-order valence-electron chi connectivity index (χ0n) is 17.3. The van der Waals surface area contributed by atoms with Gasteiger partial charge in [0.1, 0.15) is 0 Å². The van der Waals surface area contributed by atoms with Gasteiger partial charge in [-0.05, 0) is 26.0 Å². The van der Waals surface area contributed by atoms with Gasteiger partial charge in [0.05, 0.1) is 0 Å². The number of aromatic amines is 2. The summed E-state index contributed by atoms with van der Waals surface area (Å²) in [6.45, 7) is 3.86. The van der Waals surface area contributed by atoms with E-state index in [0.29, 0.717) is 16.7 Å². The van der Waals surface area contributed by atoms with E-state index >= 15 is 0 Å². The molecule has 0 radical (unpaired) electrons. The van der Waals surface area contributed by atoms with Crippen LogP contribution in [0.3, 0.4) is 0 Å². The van der Waals surface area contributed by atoms with Crippen LogP contribution in [0.5, 0.6) is 0 Å². The number of hydrogen-bond acceptors (Lipinski definition) is 5. The molecule has 0 spiro atoms. The Kier molecular flexibility index (Phi) is 6.49. The second-order valence-electron chi connectivity index (χ2n) is 7.19. The van der Waals surface area contributed by atoms with Crippen LogP contribution in [0.15, 0.2) is 61.9 Å². The standard InChI is InChI=1S/C21H23N5O5/c1-14-12-25(20(30)22-17(14)27)10-8-24(19(29)16-6-4-3-5-7-16)9-11-26-13-15(2)18(28)23-21(26)31/h3-7,12-13H,8-11H2,1-2H3,(H,22,27,30)(H,23,28,31). The van der Waals surface area contributed by atoms with E-state index in [-0.39, 0.29) is 32.1 Å². The predicted octanol–water partition coefficient (Wildman–Crippen LogP) is -0.154. The molecular weight excluding hydrogens is 402 g/mol. The van der Waals surface area contributed by atoms with Gasteiger partial charge in [-0.25, -0.2) is 9.59 Å². The lowest BCUT2D eigenvalue weighted by Crippen LogP contribution is -2.41. The van der Waals surface area contributed by atoms with Gasteiger partial charge in [0.15, 0.2) is 0 Å². The third kappa shape index (κ3) is 5.16. The first kappa shape index (κ1) is 21.8. The Bertz CT molecular complexity index is 1240. The Balaban J connectivity index is 1.84. The predicted molar refractivity (Wildman–Crippen MR) is 114 cm³/mol. The number of nitrogens with one attached hydrogen (secondary N) is 2. The molecule has 0 unspecified atom stereocenters. The molecule has 0 bridgehead atoms. The number of hydrogen-bond donors (Lipinski definition) is 2. The Morgan fingerprint density at radius 2 is 1.26 bits per heavy atom. The molecule has 162 valence electrons. The average molecular weight is 425 g/mol. The highest BCUT2D eigenvalue weighted by Crippen LogP contribution is 2.05. The topological polar surface area (TPSA) is 130 Å². The van der Waals surface area contributed by atoms with Gasteiger partial charge in [-0.15, -0.1) is 0 Å². The second-order valence-corrected chi connectivity index (χ2v) is 7.19. The summed E-state index contributed by atoms with van der Waals surface area (Å²) in [7, 11) is 0. The summed E-state index contributed by atoms with van der Waals surface area (Å²) >= 11 is 0. The first-order valence-corrected chi connectivity index (χ1v) is 9.71. The van der Waals surface area contributed by atoms with Gasteiger partial charge in [-0.3, -0.25) is 33.5 Å². The van der Waals surface area contributed by atoms with Crippen LogP contribution in [0, 0.1) is 13.8 Å². The van der Waals surface area contributed by atoms with Crippen LogP contribution in [0.25, 0.3) is 0 Å². The third-order valence-corrected chi connectivity index (χ3v) is 4.91. The summed E-state index contributed by atoms with van der Waals surface area (Å²) in [5.41, 5.74) is -0.785. The molecule has 31 heavy (non-hydrogen) atoms. The quantitative estimate of drug-likeness (QED) is 0.544. The largest absolute Gasteiger partial charge is 0.335 e. The van der Waals surface area contributed by atoms with Gasteiger partial charge < -0.3 is 4.90 Å². The van der Waals surface area contributed by atoms with Crippen molar-refractivity contribution in [3.63, 3.8) is 0 Å². The fourth-order valence-corrected chi connectivity index (χ4v) is 3.10. The zero-order chi connectivity index (χ0) is 22.5. The van der Waals surface area contributed by atoms with E-state index in [1.807, 2.05) is 0 Å². The highest BCUT2D eigenvalue weighted by molar-refractivity contribution is 5.94. The summed E-state index contributed by atoms with van der Waals surface area (Å²) in [5.74, 6) is -0.260. The normalized spacial score (nSPS) is 10.8. The van der Waals surface area contributed by atoms with Crippen LogP contribution in [0.1, 0.15) is 21.5 Å². The maximum atomic E-state index is 13.0. The number of benzene rings is 1. The number of aromatic nitrogens is 4. The minimum absolute atomic E-state index is 0.161. The summed E-state index contributed by atoms with van der Waals surface area (Å²) in [5, 5.41) is 0. The molecule has 0 fully saturated rings. The number of rotatable bonds is 7. The number of carbonyl (C=O) groups excluding carboxylic acids is 1. The van der Waals surface area contributed by atoms with Crippen molar-refractivity contribution in [2.45, 2.75) is 26.9 Å². The molecule has 0 saturated carbocycles. The fourth-order valence-electron chi connectivity index (χ4n) is 3.10. The molecule has 10 heteroatoms. The van der Waals surface area contributed by atoms with Crippen LogP contribution < -0.4 is 22.5 Å². The van der Waals surface area contributed by atoms with Crippen molar-refractivity contribution in [2.24, 2.45) is 0 Å². The second kappa shape index (κ2) is 9.24. The third-order valence-electron chi connectivity index (χ3n) is 4.91. The number of aryl methyl sites for hydroxylation is 2. The van der Waals surface area contributed by atoms with Crippen molar-refractivity contribution < 1.29 is 4.79 Å². The number of carbonyl (C=O) groups is 1. The van der Waals surface area contributed by atoms with E-state index in [1.54, 1.807) is 44.2 Å². The molecule has 10 nitrogen and oxygen atoms in total. The van der Waals surface area contributed by atoms with Crippen LogP contribution >= 0.6 is 0 Å². The highest BCUT2D eigenvalue weighted by Gasteiger charge is 2.16. The van der Waals surface area contributed by atoms with Gasteiger partial charge in [-0.2, -0.15) is 0 Å². The molecule has 0 atom stereocenters. The van der Waals surface area contributed by atoms with E-state index in [4.69, 9.17) is 0 Å². The van der Waals surface area contributed by atoms with E-state index in [9.17, 15) is 24.0 Å². The number of nitrogens with zero attached hydrogens (tertiary/aromatic N) is 3. The molecule has 3 aromatic rings. The maximum absolute atomic E-state index is 13.0. The minimum Gasteiger partial charge on any atom is -0.335 e. The highest BCUT2D eigenvalue weighted by atomic mass is 16.2. The summed E-state index contributed by atoms with van der Waals surface area (Å²) in [6.07, 6.45) is 2.89. The first-order chi connectivity index (χ1) is 14.8. The summed E-state index contributed by atoms with van der Waals surface area (Å²) in [6, 6.07) is 8.66. The molecule has 2 aromatic heterocycles. The number of H-pyrrole nitrogens is 2. The Labute approximate surface area is 176 Å². The molecule has 3 rings (SSSR count). The van der Waals surface area contributed by atoms with E-state index < -0.39 is 22.5 Å². The van der Waals surface area contributed by atoms with Crippen molar-refractivity contribution in [2.75, 3.05) is 13.1 Å². The van der Waals surface area contributed by atoms with Crippen molar-refractivity contribution >= 4 is 5.91 Å². The van der Waals surface area contributed by atoms with Crippen LogP contribution in [-0.2, 0) is 13.1 Å². The van der Waals surface area contributed by atoms with Gasteiger partial charge in [0, 0.05) is 55.3 Å². The van der Waals surface area contributed by atoms with Crippen LogP contribution in [0.2, 0.25) is 0 Å². The first-order valence-electron chi connectivity index (χ1n) is 9.71. The molecule has 0 aliphatic rings. The molecular formula is C21H23N5O5. The van der Waals surface area contributed by atoms with Crippen molar-refractivity contribution in [3.05, 3.63) is 101 Å². The van der Waals surface area contributed by atoms with E-state index in [1.165, 1.54) is 26.4 Å². The Hall–Kier alpha value is -3.95. The maximum Gasteiger partial charge on any atom is 0.328 e. The van der Waals surface area contributed by atoms with Gasteiger partial charge in [0.25, 0.3) is 17.0 Å². The molecule has 0 aliphatic heterocycles. The fraction of sp³-hybridized carbons (Fsp3) is 0.286. The van der Waals surface area contributed by atoms with Crippen LogP contribution in [-0.4, -0.2) is 43.0 Å². The lowest BCUT2D eigenvalue weighted by molar-refractivity contribution is 0.0742. The SMILES string of the molecule is Cc1cn(CCN(CCn2cc(C)c(=O)[nH]c2=O)C(=O)c2ccccc2)c(=O)[nH]c1=O. The van der Waals surface area contributed by atoms with Gasteiger partial charge >= 0.3 is 11.4 Å². The van der Waals surface area contributed by atoms with Gasteiger partial charge in [0.2, 0.25) is 0 Å². The van der Waals surface area contributed by atoms with Crippen molar-refractivity contribution in [1.29, 1.82) is 0 Å². The molecule has 1 aromatic carbocycles.